The maximum Gasteiger partial charge on any atom is 0.264 e. The number of nitrogens with one attached hydrogen (secondary N) is 1. The van der Waals surface area contributed by atoms with Gasteiger partial charge in [0.2, 0.25) is 11.8 Å². The summed E-state index contributed by atoms with van der Waals surface area (Å²) in [6, 6.07) is 15.7. The minimum Gasteiger partial charge on any atom is -0.493 e. The smallest absolute Gasteiger partial charge is 0.264 e. The Kier molecular flexibility index (Phi) is 12.1. The molecule has 3 aromatic rings. The molecule has 2 atom stereocenters. The molecular weight excluding hydrogens is 602 g/mol. The van der Waals surface area contributed by atoms with E-state index in [1.165, 1.54) is 37.3 Å². The zero-order valence-corrected chi connectivity index (χ0v) is 28.0. The van der Waals surface area contributed by atoms with Crippen molar-refractivity contribution in [3.63, 3.8) is 0 Å². The molecule has 0 bridgehead atoms. The molecule has 0 aromatic heterocycles. The number of anilines is 1. The fourth-order valence-electron chi connectivity index (χ4n) is 4.87. The molecule has 2 amide bonds. The predicted molar refractivity (Wildman–Crippen MR) is 174 cm³/mol. The highest BCUT2D eigenvalue weighted by molar-refractivity contribution is 7.92. The third-order valence-electron chi connectivity index (χ3n) is 7.37. The lowest BCUT2D eigenvalue weighted by Crippen LogP contribution is -2.53. The number of hydrogen-bond donors (Lipinski definition) is 1. The first-order chi connectivity index (χ1) is 20.8. The van der Waals surface area contributed by atoms with Crippen molar-refractivity contribution in [2.24, 2.45) is 0 Å². The number of benzene rings is 3. The number of carbonyl (C=O) groups excluding carboxylic acids is 2. The van der Waals surface area contributed by atoms with E-state index in [0.717, 1.165) is 27.4 Å². The van der Waals surface area contributed by atoms with Crippen LogP contribution < -0.4 is 19.1 Å². The summed E-state index contributed by atoms with van der Waals surface area (Å²) < 4.78 is 40.3. The van der Waals surface area contributed by atoms with Gasteiger partial charge in [-0.1, -0.05) is 43.6 Å². The van der Waals surface area contributed by atoms with Gasteiger partial charge >= 0.3 is 0 Å². The van der Waals surface area contributed by atoms with Crippen LogP contribution in [-0.4, -0.2) is 58.0 Å². The van der Waals surface area contributed by atoms with Gasteiger partial charge in [-0.15, -0.1) is 0 Å². The van der Waals surface area contributed by atoms with Gasteiger partial charge in [-0.3, -0.25) is 13.9 Å². The summed E-state index contributed by atoms with van der Waals surface area (Å²) in [4.78, 5) is 29.1. The van der Waals surface area contributed by atoms with E-state index in [4.69, 9.17) is 21.1 Å². The number of hydrogen-bond acceptors (Lipinski definition) is 6. The lowest BCUT2D eigenvalue weighted by molar-refractivity contribution is -0.140. The van der Waals surface area contributed by atoms with Gasteiger partial charge in [0.25, 0.3) is 10.0 Å². The summed E-state index contributed by atoms with van der Waals surface area (Å²) in [5, 5.41) is 3.52. The van der Waals surface area contributed by atoms with E-state index < -0.39 is 28.5 Å². The van der Waals surface area contributed by atoms with E-state index >= 15 is 0 Å². The molecule has 0 aliphatic rings. The van der Waals surface area contributed by atoms with Crippen molar-refractivity contribution in [2.45, 2.75) is 71.0 Å². The van der Waals surface area contributed by atoms with Crippen LogP contribution in [0.2, 0.25) is 5.02 Å². The topological polar surface area (TPSA) is 105 Å². The molecule has 0 spiro atoms. The first-order valence-corrected chi connectivity index (χ1v) is 16.3. The van der Waals surface area contributed by atoms with Crippen molar-refractivity contribution in [1.29, 1.82) is 0 Å². The summed E-state index contributed by atoms with van der Waals surface area (Å²) in [6.07, 6.45) is 1.05. The van der Waals surface area contributed by atoms with Gasteiger partial charge in [0.05, 0.1) is 24.8 Å². The minimum atomic E-state index is -4.30. The molecule has 44 heavy (non-hydrogen) atoms. The number of nitrogens with zero attached hydrogens (tertiary/aromatic N) is 2. The van der Waals surface area contributed by atoms with Gasteiger partial charge < -0.3 is 19.7 Å². The Labute approximate surface area is 266 Å². The van der Waals surface area contributed by atoms with Gasteiger partial charge in [-0.2, -0.15) is 0 Å². The van der Waals surface area contributed by atoms with E-state index in [1.54, 1.807) is 36.4 Å². The summed E-state index contributed by atoms with van der Waals surface area (Å²) in [5.41, 5.74) is 2.74. The molecule has 0 saturated carbocycles. The van der Waals surface area contributed by atoms with Crippen LogP contribution in [0.15, 0.2) is 65.6 Å². The van der Waals surface area contributed by atoms with Crippen LogP contribution in [0.1, 0.15) is 50.3 Å². The number of amides is 2. The van der Waals surface area contributed by atoms with Crippen LogP contribution >= 0.6 is 11.6 Å². The van der Waals surface area contributed by atoms with E-state index in [2.05, 4.69) is 5.32 Å². The second-order valence-electron chi connectivity index (χ2n) is 10.8. The zero-order valence-electron chi connectivity index (χ0n) is 26.4. The van der Waals surface area contributed by atoms with Crippen LogP contribution in [0.4, 0.5) is 5.69 Å². The molecule has 0 heterocycles. The fraction of sp³-hybridized carbons (Fsp3) is 0.394. The lowest BCUT2D eigenvalue weighted by atomic mass is 10.1. The molecule has 0 saturated heterocycles. The highest BCUT2D eigenvalue weighted by atomic mass is 35.5. The molecule has 0 unspecified atom stereocenters. The number of aryl methyl sites for hydroxylation is 2. The molecule has 3 rings (SSSR count). The molecule has 238 valence electrons. The van der Waals surface area contributed by atoms with Gasteiger partial charge in [0, 0.05) is 23.7 Å². The van der Waals surface area contributed by atoms with Crippen molar-refractivity contribution in [1.82, 2.24) is 10.2 Å². The number of rotatable bonds is 14. The highest BCUT2D eigenvalue weighted by Gasteiger charge is 2.34. The monoisotopic (exact) mass is 643 g/mol. The number of sulfonamides is 1. The second kappa shape index (κ2) is 15.3. The third-order valence-corrected chi connectivity index (χ3v) is 9.39. The van der Waals surface area contributed by atoms with Crippen molar-refractivity contribution in [3.8, 4) is 11.5 Å². The first kappa shape index (κ1) is 34.7. The van der Waals surface area contributed by atoms with Gasteiger partial charge in [-0.05, 0) is 86.7 Å². The predicted octanol–water partition coefficient (Wildman–Crippen LogP) is 5.89. The minimum absolute atomic E-state index is 0.0760. The van der Waals surface area contributed by atoms with Gasteiger partial charge in [-0.25, -0.2) is 8.42 Å². The molecule has 9 nitrogen and oxygen atoms in total. The number of carbonyl (C=O) groups is 2. The van der Waals surface area contributed by atoms with Crippen molar-refractivity contribution >= 4 is 39.1 Å². The Bertz CT molecular complexity index is 1540. The van der Waals surface area contributed by atoms with Crippen LogP contribution in [0.5, 0.6) is 11.5 Å². The molecule has 1 N–H and O–H groups in total. The van der Waals surface area contributed by atoms with Crippen LogP contribution in [0.3, 0.4) is 0 Å². The van der Waals surface area contributed by atoms with Crippen molar-refractivity contribution < 1.29 is 27.5 Å². The summed E-state index contributed by atoms with van der Waals surface area (Å²) in [5.74, 6) is -0.232. The second-order valence-corrected chi connectivity index (χ2v) is 13.1. The zero-order chi connectivity index (χ0) is 32.6. The van der Waals surface area contributed by atoms with Crippen LogP contribution in [0.25, 0.3) is 0 Å². The Morgan fingerprint density at radius 3 is 2.05 bits per heavy atom. The Morgan fingerprint density at radius 2 is 1.50 bits per heavy atom. The van der Waals surface area contributed by atoms with E-state index in [1.807, 2.05) is 40.7 Å². The largest absolute Gasteiger partial charge is 0.493 e. The summed E-state index contributed by atoms with van der Waals surface area (Å²) in [6.45, 7) is 8.94. The standard InChI is InChI=1S/C33H42ClN3O6S/c1-8-24(5)35-33(39)29(9-2)36(20-25-10-12-26(34)13-11-25)32(38)21-37(27-17-22(3)16-23(4)18-27)44(40,41)28-14-15-30(42-6)31(19-28)43-7/h10-19,24,29H,8-9,20-21H2,1-7H3,(H,35,39)/t24-,29-/m1/s1. The maximum atomic E-state index is 14.3. The number of halogens is 1. The van der Waals surface area contributed by atoms with E-state index in [9.17, 15) is 18.0 Å². The third kappa shape index (κ3) is 8.45. The first-order valence-electron chi connectivity index (χ1n) is 14.5. The maximum absolute atomic E-state index is 14.3. The normalized spacial score (nSPS) is 12.6. The molecule has 0 radical (unpaired) electrons. The van der Waals surface area contributed by atoms with Gasteiger partial charge in [0.1, 0.15) is 12.6 Å². The Morgan fingerprint density at radius 1 is 0.886 bits per heavy atom. The molecular formula is C33H42ClN3O6S. The molecule has 3 aromatic carbocycles. The average molecular weight is 644 g/mol. The fourth-order valence-corrected chi connectivity index (χ4v) is 6.41. The van der Waals surface area contributed by atoms with E-state index in [0.29, 0.717) is 22.9 Å². The number of ether oxygens (including phenoxy) is 2. The number of methoxy groups -OCH3 is 2. The van der Waals surface area contributed by atoms with Gasteiger partial charge in [0.15, 0.2) is 11.5 Å². The molecule has 0 aliphatic heterocycles. The Hall–Kier alpha value is -3.76. The average Bonchev–Trinajstić information content (AvgIpc) is 2.99. The molecule has 0 fully saturated rings. The summed E-state index contributed by atoms with van der Waals surface area (Å²) in [7, 11) is -1.41. The Balaban J connectivity index is 2.13. The van der Waals surface area contributed by atoms with Crippen LogP contribution in [0, 0.1) is 13.8 Å². The summed E-state index contributed by atoms with van der Waals surface area (Å²) >= 11 is 6.10. The van der Waals surface area contributed by atoms with Crippen molar-refractivity contribution in [2.75, 3.05) is 25.1 Å². The van der Waals surface area contributed by atoms with Crippen LogP contribution in [-0.2, 0) is 26.2 Å². The lowest BCUT2D eigenvalue weighted by Gasteiger charge is -2.34. The molecule has 0 aliphatic carbocycles. The molecule has 11 heteroatoms. The van der Waals surface area contributed by atoms with E-state index in [-0.39, 0.29) is 29.1 Å². The highest BCUT2D eigenvalue weighted by Crippen LogP contribution is 2.33. The quantitative estimate of drug-likeness (QED) is 0.235. The van der Waals surface area contributed by atoms with Crippen molar-refractivity contribution in [3.05, 3.63) is 82.4 Å². The SMILES string of the molecule is CC[C@@H](C)NC(=O)[C@@H](CC)N(Cc1ccc(Cl)cc1)C(=O)CN(c1cc(C)cc(C)c1)S(=O)(=O)c1ccc(OC)c(OC)c1.